The van der Waals surface area contributed by atoms with Gasteiger partial charge >= 0.3 is 0 Å². The molecule has 1 N–H and O–H groups in total. The molecule has 2 aliphatic rings. The largest absolute Gasteiger partial charge is 0.390 e. The van der Waals surface area contributed by atoms with Gasteiger partial charge in [-0.1, -0.05) is 12.8 Å². The van der Waals surface area contributed by atoms with Crippen LogP contribution in [0.2, 0.25) is 0 Å². The Bertz CT molecular complexity index is 223. The molecule has 3 unspecified atom stereocenters. The standard InChI is InChI=1S/C13H24O3/c1-10(15-2)12(14)11-5-8-16-13(9-11)6-3-4-7-13/h10-12,14H,3-9H2,1-2H3. The lowest BCUT2D eigenvalue weighted by atomic mass is 9.80. The van der Waals surface area contributed by atoms with Gasteiger partial charge < -0.3 is 14.6 Å². The summed E-state index contributed by atoms with van der Waals surface area (Å²) in [6.07, 6.45) is 6.49. The summed E-state index contributed by atoms with van der Waals surface area (Å²) < 4.78 is 11.2. The number of rotatable bonds is 3. The molecule has 3 heteroatoms. The second-order valence-electron chi connectivity index (χ2n) is 5.42. The SMILES string of the molecule is COC(C)C(O)C1CCOC2(CCCC2)C1. The van der Waals surface area contributed by atoms with E-state index in [9.17, 15) is 5.11 Å². The molecule has 1 saturated carbocycles. The second-order valence-corrected chi connectivity index (χ2v) is 5.42. The summed E-state index contributed by atoms with van der Waals surface area (Å²) >= 11 is 0. The normalized spacial score (nSPS) is 32.8. The molecule has 2 fully saturated rings. The van der Waals surface area contributed by atoms with E-state index in [2.05, 4.69) is 0 Å². The molecule has 3 nitrogen and oxygen atoms in total. The van der Waals surface area contributed by atoms with Crippen LogP contribution in [0, 0.1) is 5.92 Å². The third kappa shape index (κ3) is 2.41. The van der Waals surface area contributed by atoms with Crippen molar-refractivity contribution in [1.29, 1.82) is 0 Å². The number of aliphatic hydroxyl groups excluding tert-OH is 1. The van der Waals surface area contributed by atoms with Crippen molar-refractivity contribution in [3.05, 3.63) is 0 Å². The molecule has 1 saturated heterocycles. The maximum atomic E-state index is 10.2. The van der Waals surface area contributed by atoms with Crippen molar-refractivity contribution in [3.8, 4) is 0 Å². The molecule has 1 spiro atoms. The van der Waals surface area contributed by atoms with Crippen molar-refractivity contribution >= 4 is 0 Å². The summed E-state index contributed by atoms with van der Waals surface area (Å²) in [5.74, 6) is 0.349. The van der Waals surface area contributed by atoms with Crippen LogP contribution in [0.15, 0.2) is 0 Å². The van der Waals surface area contributed by atoms with Crippen LogP contribution in [-0.2, 0) is 9.47 Å². The lowest BCUT2D eigenvalue weighted by Crippen LogP contribution is -2.44. The predicted molar refractivity (Wildman–Crippen MR) is 62.4 cm³/mol. The average Bonchev–Trinajstić information content (AvgIpc) is 2.75. The third-order valence-electron chi connectivity index (χ3n) is 4.38. The molecular formula is C13H24O3. The van der Waals surface area contributed by atoms with Crippen LogP contribution in [0.3, 0.4) is 0 Å². The minimum atomic E-state index is -0.341. The van der Waals surface area contributed by atoms with Crippen molar-refractivity contribution in [2.24, 2.45) is 5.92 Å². The summed E-state index contributed by atoms with van der Waals surface area (Å²) in [6, 6.07) is 0. The van der Waals surface area contributed by atoms with E-state index in [4.69, 9.17) is 9.47 Å². The quantitative estimate of drug-likeness (QED) is 0.804. The highest BCUT2D eigenvalue weighted by Gasteiger charge is 2.42. The van der Waals surface area contributed by atoms with E-state index in [0.717, 1.165) is 19.4 Å². The first-order valence-corrected chi connectivity index (χ1v) is 6.52. The molecular weight excluding hydrogens is 204 g/mol. The molecule has 0 amide bonds. The third-order valence-corrected chi connectivity index (χ3v) is 4.38. The number of ether oxygens (including phenoxy) is 2. The van der Waals surface area contributed by atoms with Gasteiger partial charge in [0.2, 0.25) is 0 Å². The highest BCUT2D eigenvalue weighted by Crippen LogP contribution is 2.43. The molecule has 1 heterocycles. The van der Waals surface area contributed by atoms with Crippen LogP contribution in [0.4, 0.5) is 0 Å². The molecule has 3 atom stereocenters. The van der Waals surface area contributed by atoms with Crippen molar-refractivity contribution in [1.82, 2.24) is 0 Å². The van der Waals surface area contributed by atoms with E-state index in [0.29, 0.717) is 5.92 Å². The Labute approximate surface area is 98.1 Å². The summed E-state index contributed by atoms with van der Waals surface area (Å²) in [4.78, 5) is 0. The molecule has 94 valence electrons. The number of methoxy groups -OCH3 is 1. The maximum absolute atomic E-state index is 10.2. The average molecular weight is 228 g/mol. The fraction of sp³-hybridized carbons (Fsp3) is 1.00. The van der Waals surface area contributed by atoms with Gasteiger partial charge in [0.1, 0.15) is 0 Å². The summed E-state index contributed by atoms with van der Waals surface area (Å²) in [5.41, 5.74) is 0.0946. The van der Waals surface area contributed by atoms with Gasteiger partial charge in [-0.25, -0.2) is 0 Å². The van der Waals surface area contributed by atoms with E-state index >= 15 is 0 Å². The smallest absolute Gasteiger partial charge is 0.0828 e. The van der Waals surface area contributed by atoms with Gasteiger partial charge in [-0.15, -0.1) is 0 Å². The molecule has 0 bridgehead atoms. The van der Waals surface area contributed by atoms with E-state index in [1.807, 2.05) is 6.92 Å². The monoisotopic (exact) mass is 228 g/mol. The van der Waals surface area contributed by atoms with E-state index in [-0.39, 0.29) is 17.8 Å². The van der Waals surface area contributed by atoms with Crippen LogP contribution >= 0.6 is 0 Å². The lowest BCUT2D eigenvalue weighted by Gasteiger charge is -2.41. The van der Waals surface area contributed by atoms with Crippen molar-refractivity contribution in [2.45, 2.75) is 63.3 Å². The fourth-order valence-corrected chi connectivity index (χ4v) is 3.25. The van der Waals surface area contributed by atoms with Crippen LogP contribution in [0.25, 0.3) is 0 Å². The molecule has 16 heavy (non-hydrogen) atoms. The minimum Gasteiger partial charge on any atom is -0.390 e. The molecule has 0 aromatic heterocycles. The van der Waals surface area contributed by atoms with Gasteiger partial charge in [0.05, 0.1) is 17.8 Å². The first-order valence-electron chi connectivity index (χ1n) is 6.52. The zero-order valence-corrected chi connectivity index (χ0v) is 10.4. The van der Waals surface area contributed by atoms with E-state index in [1.54, 1.807) is 7.11 Å². The van der Waals surface area contributed by atoms with Crippen LogP contribution in [0.5, 0.6) is 0 Å². The van der Waals surface area contributed by atoms with E-state index in [1.165, 1.54) is 25.7 Å². The fourth-order valence-electron chi connectivity index (χ4n) is 3.25. The lowest BCUT2D eigenvalue weighted by molar-refractivity contribution is -0.130. The molecule has 1 aliphatic carbocycles. The predicted octanol–water partition coefficient (Wildman–Crippen LogP) is 2.12. The summed E-state index contributed by atoms with van der Waals surface area (Å²) in [7, 11) is 1.67. The Morgan fingerprint density at radius 3 is 2.69 bits per heavy atom. The molecule has 0 aromatic carbocycles. The van der Waals surface area contributed by atoms with E-state index < -0.39 is 0 Å². The molecule has 1 aliphatic heterocycles. The van der Waals surface area contributed by atoms with Crippen LogP contribution < -0.4 is 0 Å². The van der Waals surface area contributed by atoms with Gasteiger partial charge in [0.15, 0.2) is 0 Å². The van der Waals surface area contributed by atoms with Crippen LogP contribution in [0.1, 0.15) is 45.4 Å². The van der Waals surface area contributed by atoms with Gasteiger partial charge in [-0.2, -0.15) is 0 Å². The first-order chi connectivity index (χ1) is 7.67. The topological polar surface area (TPSA) is 38.7 Å². The second kappa shape index (κ2) is 5.03. The number of aliphatic hydroxyl groups is 1. The molecule has 2 rings (SSSR count). The maximum Gasteiger partial charge on any atom is 0.0828 e. The zero-order valence-electron chi connectivity index (χ0n) is 10.4. The Kier molecular flexibility index (Phi) is 3.88. The Balaban J connectivity index is 1.95. The zero-order chi connectivity index (χ0) is 11.6. The highest BCUT2D eigenvalue weighted by atomic mass is 16.5. The van der Waals surface area contributed by atoms with Gasteiger partial charge in [0.25, 0.3) is 0 Å². The first kappa shape index (κ1) is 12.3. The highest BCUT2D eigenvalue weighted by molar-refractivity contribution is 4.93. The molecule has 0 aromatic rings. The van der Waals surface area contributed by atoms with Crippen molar-refractivity contribution < 1.29 is 14.6 Å². The minimum absolute atomic E-state index is 0.0680. The Morgan fingerprint density at radius 2 is 2.06 bits per heavy atom. The van der Waals surface area contributed by atoms with Gasteiger partial charge in [0, 0.05) is 13.7 Å². The number of hydrogen-bond acceptors (Lipinski definition) is 3. The van der Waals surface area contributed by atoms with Crippen LogP contribution in [-0.4, -0.2) is 36.6 Å². The van der Waals surface area contributed by atoms with Gasteiger partial charge in [-0.05, 0) is 38.5 Å². The van der Waals surface area contributed by atoms with Crippen molar-refractivity contribution in [2.75, 3.05) is 13.7 Å². The van der Waals surface area contributed by atoms with Crippen molar-refractivity contribution in [3.63, 3.8) is 0 Å². The Hall–Kier alpha value is -0.120. The summed E-state index contributed by atoms with van der Waals surface area (Å²) in [5, 5.41) is 10.2. The molecule has 0 radical (unpaired) electrons. The summed E-state index contributed by atoms with van der Waals surface area (Å²) in [6.45, 7) is 2.75. The number of hydrogen-bond donors (Lipinski definition) is 1. The Morgan fingerprint density at radius 1 is 1.38 bits per heavy atom. The van der Waals surface area contributed by atoms with Gasteiger partial charge in [-0.3, -0.25) is 0 Å².